The Labute approximate surface area is 163 Å². The monoisotopic (exact) mass is 399 g/mol. The fourth-order valence-corrected chi connectivity index (χ4v) is 4.52. The number of para-hydroxylation sites is 1. The molecule has 0 unspecified atom stereocenters. The Balaban J connectivity index is 1.56. The van der Waals surface area contributed by atoms with Crippen molar-refractivity contribution in [1.29, 1.82) is 0 Å². The molecule has 0 saturated carbocycles. The number of nitrogens with one attached hydrogen (secondary N) is 2. The molecule has 0 saturated heterocycles. The highest BCUT2D eigenvalue weighted by Gasteiger charge is 2.13. The van der Waals surface area contributed by atoms with Gasteiger partial charge < -0.3 is 10.3 Å². The first-order valence-electron chi connectivity index (χ1n) is 7.83. The minimum Gasteiger partial charge on any atom is -0.338 e. The van der Waals surface area contributed by atoms with Crippen LogP contribution >= 0.6 is 34.7 Å². The molecule has 0 bridgehead atoms. The van der Waals surface area contributed by atoms with Crippen LogP contribution in [0.4, 0.5) is 5.69 Å². The van der Waals surface area contributed by atoms with Crippen molar-refractivity contribution in [2.75, 3.05) is 11.6 Å². The highest BCUT2D eigenvalue weighted by atomic mass is 35.5. The van der Waals surface area contributed by atoms with E-state index in [1.54, 1.807) is 11.8 Å². The molecule has 1 amide bonds. The van der Waals surface area contributed by atoms with Crippen molar-refractivity contribution in [3.8, 4) is 11.4 Å². The van der Waals surface area contributed by atoms with Gasteiger partial charge in [0.25, 0.3) is 5.91 Å². The van der Waals surface area contributed by atoms with Gasteiger partial charge in [-0.15, -0.1) is 23.1 Å². The molecule has 130 valence electrons. The molecule has 0 fully saturated rings. The summed E-state index contributed by atoms with van der Waals surface area (Å²) in [5.41, 5.74) is 3.32. The second kappa shape index (κ2) is 7.15. The zero-order valence-corrected chi connectivity index (χ0v) is 16.1. The standard InChI is InChI=1S/C19H14ClN3OS2/c1-25-15-9-10-26-17(15)19(24)21-12-7-5-11(6-8-12)18-22-14-4-2-3-13(20)16(14)23-18/h2-10H,1H3,(H,21,24)(H,22,23). The maximum atomic E-state index is 12.4. The summed E-state index contributed by atoms with van der Waals surface area (Å²) in [6.07, 6.45) is 1.97. The molecule has 0 aliphatic heterocycles. The molecule has 26 heavy (non-hydrogen) atoms. The fraction of sp³-hybridized carbons (Fsp3) is 0.0526. The van der Waals surface area contributed by atoms with Gasteiger partial charge in [-0.3, -0.25) is 4.79 Å². The number of carbonyl (C=O) groups excluding carboxylic acids is 1. The number of aromatic nitrogens is 2. The highest BCUT2D eigenvalue weighted by Crippen LogP contribution is 2.28. The third kappa shape index (κ3) is 3.23. The number of imidazole rings is 1. The molecule has 2 aromatic carbocycles. The predicted molar refractivity (Wildman–Crippen MR) is 111 cm³/mol. The number of hydrogen-bond acceptors (Lipinski definition) is 4. The van der Waals surface area contributed by atoms with Crippen LogP contribution in [0.5, 0.6) is 0 Å². The number of aromatic amines is 1. The van der Waals surface area contributed by atoms with Gasteiger partial charge in [0.15, 0.2) is 0 Å². The minimum absolute atomic E-state index is 0.0902. The quantitative estimate of drug-likeness (QED) is 0.419. The van der Waals surface area contributed by atoms with Crippen LogP contribution in [0, 0.1) is 0 Å². The van der Waals surface area contributed by atoms with Crippen molar-refractivity contribution in [3.05, 3.63) is 63.8 Å². The fourth-order valence-electron chi connectivity index (χ4n) is 2.66. The Kier molecular flexibility index (Phi) is 4.72. The third-order valence-electron chi connectivity index (χ3n) is 3.93. The summed E-state index contributed by atoms with van der Waals surface area (Å²) in [6.45, 7) is 0. The van der Waals surface area contributed by atoms with Crippen molar-refractivity contribution in [1.82, 2.24) is 9.97 Å². The lowest BCUT2D eigenvalue weighted by molar-refractivity contribution is 0.102. The first-order valence-corrected chi connectivity index (χ1v) is 10.3. The van der Waals surface area contributed by atoms with Crippen LogP contribution in [0.3, 0.4) is 0 Å². The zero-order chi connectivity index (χ0) is 18.1. The number of halogens is 1. The number of hydrogen-bond donors (Lipinski definition) is 2. The normalized spacial score (nSPS) is 11.0. The van der Waals surface area contributed by atoms with Crippen molar-refractivity contribution in [2.45, 2.75) is 4.90 Å². The number of amides is 1. The van der Waals surface area contributed by atoms with Gasteiger partial charge in [-0.1, -0.05) is 17.7 Å². The zero-order valence-electron chi connectivity index (χ0n) is 13.7. The van der Waals surface area contributed by atoms with Crippen molar-refractivity contribution in [2.24, 2.45) is 0 Å². The average Bonchev–Trinajstić information content (AvgIpc) is 3.30. The Morgan fingerprint density at radius 2 is 2.00 bits per heavy atom. The molecule has 0 radical (unpaired) electrons. The van der Waals surface area contributed by atoms with Gasteiger partial charge in [-0.25, -0.2) is 4.98 Å². The van der Waals surface area contributed by atoms with E-state index in [9.17, 15) is 4.79 Å². The topological polar surface area (TPSA) is 57.8 Å². The average molecular weight is 400 g/mol. The smallest absolute Gasteiger partial charge is 0.266 e. The van der Waals surface area contributed by atoms with Gasteiger partial charge in [0, 0.05) is 16.1 Å². The van der Waals surface area contributed by atoms with E-state index >= 15 is 0 Å². The summed E-state index contributed by atoms with van der Waals surface area (Å²) in [7, 11) is 0. The van der Waals surface area contributed by atoms with Gasteiger partial charge in [0.05, 0.1) is 10.5 Å². The van der Waals surface area contributed by atoms with Gasteiger partial charge in [0.2, 0.25) is 0 Å². The Bertz CT molecular complexity index is 1090. The second-order valence-corrected chi connectivity index (χ2v) is 7.74. The second-order valence-electron chi connectivity index (χ2n) is 5.57. The van der Waals surface area contributed by atoms with Gasteiger partial charge in [-0.2, -0.15) is 0 Å². The van der Waals surface area contributed by atoms with Crippen LogP contribution in [-0.4, -0.2) is 22.1 Å². The number of fused-ring (bicyclic) bond motifs is 1. The van der Waals surface area contributed by atoms with Gasteiger partial charge in [-0.05, 0) is 54.1 Å². The number of thiophene rings is 1. The molecule has 0 atom stereocenters. The molecule has 2 heterocycles. The molecule has 0 aliphatic carbocycles. The van der Waals surface area contributed by atoms with Crippen LogP contribution in [0.2, 0.25) is 5.02 Å². The summed E-state index contributed by atoms with van der Waals surface area (Å²) in [5.74, 6) is 0.654. The lowest BCUT2D eigenvalue weighted by Crippen LogP contribution is -2.10. The van der Waals surface area contributed by atoms with E-state index in [0.29, 0.717) is 5.02 Å². The third-order valence-corrected chi connectivity index (χ3v) is 6.06. The molecular weight excluding hydrogens is 386 g/mol. The lowest BCUT2D eigenvalue weighted by Gasteiger charge is -2.06. The molecule has 2 N–H and O–H groups in total. The largest absolute Gasteiger partial charge is 0.338 e. The number of nitrogens with zero attached hydrogens (tertiary/aromatic N) is 1. The Morgan fingerprint density at radius 1 is 1.19 bits per heavy atom. The van der Waals surface area contributed by atoms with Crippen LogP contribution in [0.15, 0.2) is 58.8 Å². The molecular formula is C19H14ClN3OS2. The van der Waals surface area contributed by atoms with Crippen molar-refractivity contribution >= 4 is 57.3 Å². The van der Waals surface area contributed by atoms with E-state index in [0.717, 1.165) is 37.9 Å². The minimum atomic E-state index is -0.0902. The molecule has 4 nitrogen and oxygen atoms in total. The van der Waals surface area contributed by atoms with Crippen LogP contribution in [0.1, 0.15) is 9.67 Å². The highest BCUT2D eigenvalue weighted by molar-refractivity contribution is 7.98. The van der Waals surface area contributed by atoms with E-state index in [-0.39, 0.29) is 5.91 Å². The molecule has 4 rings (SSSR count). The van der Waals surface area contributed by atoms with Gasteiger partial charge >= 0.3 is 0 Å². The van der Waals surface area contributed by atoms with E-state index in [1.165, 1.54) is 11.3 Å². The van der Waals surface area contributed by atoms with E-state index < -0.39 is 0 Å². The summed E-state index contributed by atoms with van der Waals surface area (Å²) in [5, 5.41) is 5.49. The first-order chi connectivity index (χ1) is 12.7. The number of H-pyrrole nitrogens is 1. The molecule has 7 heteroatoms. The maximum absolute atomic E-state index is 12.4. The van der Waals surface area contributed by atoms with Crippen molar-refractivity contribution in [3.63, 3.8) is 0 Å². The molecule has 2 aromatic heterocycles. The number of carbonyl (C=O) groups is 1. The number of rotatable bonds is 4. The van der Waals surface area contributed by atoms with Crippen molar-refractivity contribution < 1.29 is 4.79 Å². The molecule has 4 aromatic rings. The maximum Gasteiger partial charge on any atom is 0.266 e. The lowest BCUT2D eigenvalue weighted by atomic mass is 10.2. The van der Waals surface area contributed by atoms with Crippen LogP contribution in [-0.2, 0) is 0 Å². The van der Waals surface area contributed by atoms with E-state index in [1.807, 2.05) is 60.2 Å². The molecule has 0 spiro atoms. The summed E-state index contributed by atoms with van der Waals surface area (Å²) >= 11 is 9.20. The number of benzene rings is 2. The number of thioether (sulfide) groups is 1. The predicted octanol–water partition coefficient (Wildman–Crippen LogP) is 5.92. The van der Waals surface area contributed by atoms with Crippen LogP contribution < -0.4 is 5.32 Å². The first kappa shape index (κ1) is 17.1. The van der Waals surface area contributed by atoms with E-state index in [4.69, 9.17) is 11.6 Å². The van der Waals surface area contributed by atoms with Gasteiger partial charge in [0.1, 0.15) is 16.2 Å². The Morgan fingerprint density at radius 3 is 2.73 bits per heavy atom. The Hall–Kier alpha value is -2.28. The summed E-state index contributed by atoms with van der Waals surface area (Å²) in [6, 6.07) is 15.2. The summed E-state index contributed by atoms with van der Waals surface area (Å²) < 4.78 is 0. The summed E-state index contributed by atoms with van der Waals surface area (Å²) in [4.78, 5) is 22.0. The SMILES string of the molecule is CSc1ccsc1C(=O)Nc1ccc(-c2nc3c(Cl)cccc3[nH]2)cc1. The molecule has 0 aliphatic rings. The number of anilines is 1. The van der Waals surface area contributed by atoms with Crippen LogP contribution in [0.25, 0.3) is 22.4 Å². The van der Waals surface area contributed by atoms with E-state index in [2.05, 4.69) is 15.3 Å².